The molecule has 10 heteroatoms. The lowest BCUT2D eigenvalue weighted by Crippen LogP contribution is -2.22. The number of halogens is 2. The quantitative estimate of drug-likeness (QED) is 0.163. The van der Waals surface area contributed by atoms with Gasteiger partial charge in [-0.2, -0.15) is 5.10 Å². The van der Waals surface area contributed by atoms with E-state index in [1.54, 1.807) is 18.5 Å². The van der Waals surface area contributed by atoms with Gasteiger partial charge in [-0.3, -0.25) is 4.68 Å². The molecule has 4 aromatic rings. The predicted octanol–water partition coefficient (Wildman–Crippen LogP) is 6.45. The highest BCUT2D eigenvalue weighted by atomic mass is 28.3. The summed E-state index contributed by atoms with van der Waals surface area (Å²) in [4.78, 5) is 4.55. The highest BCUT2D eigenvalue weighted by Gasteiger charge is 2.22. The Morgan fingerprint density at radius 3 is 2.46 bits per heavy atom. The number of fused-ring (bicyclic) bond motifs is 1. The van der Waals surface area contributed by atoms with E-state index in [9.17, 15) is 8.78 Å². The lowest BCUT2D eigenvalue weighted by Gasteiger charge is -2.15. The van der Waals surface area contributed by atoms with Crippen LogP contribution in [0.2, 0.25) is 25.7 Å². The van der Waals surface area contributed by atoms with Gasteiger partial charge in [0.2, 0.25) is 0 Å². The summed E-state index contributed by atoms with van der Waals surface area (Å²) in [6.07, 6.45) is 5.19. The van der Waals surface area contributed by atoms with E-state index in [1.165, 1.54) is 0 Å². The number of hydrogen-bond donors (Lipinski definition) is 1. The summed E-state index contributed by atoms with van der Waals surface area (Å²) in [7, 11) is -1.24. The molecule has 0 saturated carbocycles. The molecule has 0 aliphatic carbocycles. The van der Waals surface area contributed by atoms with Gasteiger partial charge >= 0.3 is 0 Å². The summed E-state index contributed by atoms with van der Waals surface area (Å²) in [6.45, 7) is 11.9. The van der Waals surface area contributed by atoms with Crippen molar-refractivity contribution in [1.82, 2.24) is 19.3 Å². The van der Waals surface area contributed by atoms with E-state index in [0.29, 0.717) is 17.6 Å². The first-order chi connectivity index (χ1) is 16.5. The number of hydrogen-bond acceptors (Lipinski definition) is 5. The first-order valence-corrected chi connectivity index (χ1v) is 15.3. The van der Waals surface area contributed by atoms with Gasteiger partial charge in [0, 0.05) is 62.7 Å². The molecule has 1 aromatic carbocycles. The molecule has 0 saturated heterocycles. The van der Waals surface area contributed by atoms with E-state index in [1.807, 2.05) is 35.4 Å². The number of rotatable bonds is 9. The Morgan fingerprint density at radius 2 is 1.80 bits per heavy atom. The second-order valence-electron chi connectivity index (χ2n) is 10.0. The van der Waals surface area contributed by atoms with Crippen molar-refractivity contribution in [2.75, 3.05) is 12.3 Å². The van der Waals surface area contributed by atoms with Crippen molar-refractivity contribution in [3.63, 3.8) is 0 Å². The SMILES string of the molecule is CC(C)n1nccc1-c1cn(COCC[Si](C)(C)C)c2nccc(Oc3c(F)cc(N)cc3F)c12. The Morgan fingerprint density at radius 1 is 1.09 bits per heavy atom. The third-order valence-electron chi connectivity index (χ3n) is 5.61. The van der Waals surface area contributed by atoms with Crippen LogP contribution in [0.15, 0.2) is 42.9 Å². The van der Waals surface area contributed by atoms with Gasteiger partial charge in [-0.1, -0.05) is 19.6 Å². The second kappa shape index (κ2) is 9.78. The Kier molecular flexibility index (Phi) is 6.95. The molecule has 0 spiro atoms. The van der Waals surface area contributed by atoms with Crippen LogP contribution in [-0.4, -0.2) is 34.0 Å². The Bertz CT molecular complexity index is 1320. The maximum atomic E-state index is 14.6. The van der Waals surface area contributed by atoms with Crippen molar-refractivity contribution in [2.45, 2.75) is 52.3 Å². The topological polar surface area (TPSA) is 80.1 Å². The van der Waals surface area contributed by atoms with E-state index in [4.69, 9.17) is 15.2 Å². The molecule has 35 heavy (non-hydrogen) atoms. The highest BCUT2D eigenvalue weighted by molar-refractivity contribution is 6.76. The number of ether oxygens (including phenoxy) is 2. The minimum Gasteiger partial charge on any atom is -0.450 e. The lowest BCUT2D eigenvalue weighted by atomic mass is 10.1. The smallest absolute Gasteiger partial charge is 0.198 e. The van der Waals surface area contributed by atoms with Crippen molar-refractivity contribution in [3.8, 4) is 22.8 Å². The Labute approximate surface area is 204 Å². The zero-order valence-electron chi connectivity index (χ0n) is 20.7. The molecule has 0 aliphatic rings. The Balaban J connectivity index is 1.81. The van der Waals surface area contributed by atoms with Gasteiger partial charge < -0.3 is 19.8 Å². The van der Waals surface area contributed by atoms with Crippen LogP contribution in [0.4, 0.5) is 14.5 Å². The monoisotopic (exact) mass is 499 g/mol. The van der Waals surface area contributed by atoms with E-state index in [2.05, 4.69) is 29.7 Å². The van der Waals surface area contributed by atoms with Gasteiger partial charge in [0.15, 0.2) is 17.4 Å². The number of aromatic nitrogens is 4. The van der Waals surface area contributed by atoms with Crippen LogP contribution in [0.5, 0.6) is 11.5 Å². The van der Waals surface area contributed by atoms with Gasteiger partial charge in [0.05, 0.1) is 11.1 Å². The van der Waals surface area contributed by atoms with Crippen molar-refractivity contribution < 1.29 is 18.3 Å². The van der Waals surface area contributed by atoms with Gasteiger partial charge in [-0.05, 0) is 32.0 Å². The maximum Gasteiger partial charge on any atom is 0.198 e. The molecule has 7 nitrogen and oxygen atoms in total. The van der Waals surface area contributed by atoms with Gasteiger partial charge in [-0.25, -0.2) is 13.8 Å². The molecular weight excluding hydrogens is 468 g/mol. The molecule has 0 atom stereocenters. The average molecular weight is 500 g/mol. The zero-order chi connectivity index (χ0) is 25.3. The fourth-order valence-electron chi connectivity index (χ4n) is 3.83. The molecule has 2 N–H and O–H groups in total. The zero-order valence-corrected chi connectivity index (χ0v) is 21.7. The van der Waals surface area contributed by atoms with Gasteiger partial charge in [-0.15, -0.1) is 0 Å². The van der Waals surface area contributed by atoms with Crippen molar-refractivity contribution in [1.29, 1.82) is 0 Å². The van der Waals surface area contributed by atoms with Crippen LogP contribution in [0.25, 0.3) is 22.3 Å². The third-order valence-corrected chi connectivity index (χ3v) is 7.32. The van der Waals surface area contributed by atoms with Crippen LogP contribution in [-0.2, 0) is 11.5 Å². The van der Waals surface area contributed by atoms with Gasteiger partial charge in [0.1, 0.15) is 18.1 Å². The molecule has 0 radical (unpaired) electrons. The first-order valence-electron chi connectivity index (χ1n) is 11.6. The maximum absolute atomic E-state index is 14.6. The van der Waals surface area contributed by atoms with Gasteiger partial charge in [0.25, 0.3) is 0 Å². The normalized spacial score (nSPS) is 12.1. The van der Waals surface area contributed by atoms with Crippen molar-refractivity contribution in [2.24, 2.45) is 0 Å². The third kappa shape index (κ3) is 5.38. The lowest BCUT2D eigenvalue weighted by molar-refractivity contribution is 0.0899. The average Bonchev–Trinajstić information content (AvgIpc) is 3.38. The first kappa shape index (κ1) is 24.9. The molecule has 0 fully saturated rings. The number of nitrogens with two attached hydrogens (primary N) is 1. The number of nitrogens with zero attached hydrogens (tertiary/aromatic N) is 4. The van der Waals surface area contributed by atoms with E-state index in [-0.39, 0.29) is 24.2 Å². The summed E-state index contributed by atoms with van der Waals surface area (Å²) < 4.78 is 44.7. The fourth-order valence-corrected chi connectivity index (χ4v) is 4.59. The summed E-state index contributed by atoms with van der Waals surface area (Å²) >= 11 is 0. The largest absolute Gasteiger partial charge is 0.450 e. The fraction of sp³-hybridized carbons (Fsp3) is 0.360. The summed E-state index contributed by atoms with van der Waals surface area (Å²) in [5.74, 6) is -2.01. The molecule has 3 heterocycles. The molecule has 0 amide bonds. The summed E-state index contributed by atoms with van der Waals surface area (Å²) in [6, 6.07) is 6.68. The van der Waals surface area contributed by atoms with Crippen LogP contribution < -0.4 is 10.5 Å². The van der Waals surface area contributed by atoms with E-state index in [0.717, 1.165) is 29.4 Å². The van der Waals surface area contributed by atoms with Crippen molar-refractivity contribution in [3.05, 3.63) is 54.5 Å². The highest BCUT2D eigenvalue weighted by Crippen LogP contribution is 2.40. The minimum absolute atomic E-state index is 0.0182. The van der Waals surface area contributed by atoms with Crippen LogP contribution >= 0.6 is 0 Å². The van der Waals surface area contributed by atoms with Crippen LogP contribution in [0, 0.1) is 11.6 Å². The number of nitrogen functional groups attached to an aromatic ring is 1. The number of anilines is 1. The predicted molar refractivity (Wildman–Crippen MR) is 136 cm³/mol. The molecule has 0 bridgehead atoms. The summed E-state index contributed by atoms with van der Waals surface area (Å²) in [5, 5.41) is 5.06. The molecule has 186 valence electrons. The minimum atomic E-state index is -1.24. The summed E-state index contributed by atoms with van der Waals surface area (Å²) in [5.41, 5.74) is 7.74. The second-order valence-corrected chi connectivity index (χ2v) is 15.7. The standard InChI is InChI=1S/C25H31F2N5O2Si/c1-16(2)32-21(6-9-30-32)18-14-31(15-33-10-11-35(3,4)5)25-23(18)22(7-8-29-25)34-24-19(26)12-17(28)13-20(24)27/h6-9,12-14,16H,10-11,15,28H2,1-5H3. The number of benzene rings is 1. The molecule has 0 aliphatic heterocycles. The Hall–Kier alpha value is -3.24. The molecule has 0 unspecified atom stereocenters. The van der Waals surface area contributed by atoms with E-state index >= 15 is 0 Å². The van der Waals surface area contributed by atoms with Crippen LogP contribution in [0.1, 0.15) is 19.9 Å². The van der Waals surface area contributed by atoms with E-state index < -0.39 is 25.5 Å². The molecule has 4 rings (SSSR count). The molecule has 3 aromatic heterocycles. The molecular formula is C25H31F2N5O2Si. The van der Waals surface area contributed by atoms with Crippen LogP contribution in [0.3, 0.4) is 0 Å². The number of pyridine rings is 1. The van der Waals surface area contributed by atoms with Crippen molar-refractivity contribution >= 4 is 24.8 Å².